The van der Waals surface area contributed by atoms with Crippen molar-refractivity contribution in [3.05, 3.63) is 17.8 Å². The molecule has 2 aliphatic heterocycles. The van der Waals surface area contributed by atoms with Crippen molar-refractivity contribution < 1.29 is 17.6 Å². The smallest absolute Gasteiger partial charge is 0.247 e. The average molecular weight is 327 g/mol. The quantitative estimate of drug-likeness (QED) is 0.849. The zero-order valence-corrected chi connectivity index (χ0v) is 13.4. The number of rotatable bonds is 3. The molecule has 0 bridgehead atoms. The van der Waals surface area contributed by atoms with Crippen molar-refractivity contribution in [1.29, 1.82) is 0 Å². The van der Waals surface area contributed by atoms with Crippen LogP contribution in [0, 0.1) is 5.92 Å². The van der Waals surface area contributed by atoms with Crippen LogP contribution in [0.4, 0.5) is 0 Å². The number of carbonyl (C=O) groups excluding carboxylic acids is 1. The summed E-state index contributed by atoms with van der Waals surface area (Å²) >= 11 is 0. The van der Waals surface area contributed by atoms with E-state index in [-0.39, 0.29) is 23.3 Å². The molecular formula is C14H21N3O4S. The maximum absolute atomic E-state index is 12.7. The minimum absolute atomic E-state index is 0.0255. The van der Waals surface area contributed by atoms with Crippen molar-refractivity contribution >= 4 is 15.7 Å². The summed E-state index contributed by atoms with van der Waals surface area (Å²) in [4.78, 5) is 18.6. The largest absolute Gasteiger partial charge is 0.446 e. The summed E-state index contributed by atoms with van der Waals surface area (Å²) in [6, 6.07) is -0.541. The minimum atomic E-state index is -2.96. The van der Waals surface area contributed by atoms with Crippen LogP contribution in [0.2, 0.25) is 0 Å². The molecule has 1 fully saturated rings. The van der Waals surface area contributed by atoms with Gasteiger partial charge in [0.25, 0.3) is 0 Å². The molecule has 2 atom stereocenters. The number of hydrogen-bond donors (Lipinski definition) is 1. The van der Waals surface area contributed by atoms with Gasteiger partial charge in [0, 0.05) is 19.5 Å². The second-order valence-electron chi connectivity index (χ2n) is 6.04. The molecule has 1 aromatic heterocycles. The number of carbonyl (C=O) groups is 1. The number of aromatic nitrogens is 1. The van der Waals surface area contributed by atoms with Gasteiger partial charge in [0.15, 0.2) is 22.0 Å². The molecule has 2 unspecified atom stereocenters. The van der Waals surface area contributed by atoms with E-state index in [1.807, 2.05) is 0 Å². The molecule has 3 heterocycles. The van der Waals surface area contributed by atoms with Gasteiger partial charge in [0.05, 0.1) is 17.2 Å². The van der Waals surface area contributed by atoms with E-state index in [2.05, 4.69) is 10.3 Å². The summed E-state index contributed by atoms with van der Waals surface area (Å²) in [6.45, 7) is 1.04. The summed E-state index contributed by atoms with van der Waals surface area (Å²) in [5.74, 6) is 0.988. The van der Waals surface area contributed by atoms with E-state index in [1.54, 1.807) is 11.9 Å². The van der Waals surface area contributed by atoms with E-state index in [4.69, 9.17) is 4.42 Å². The van der Waals surface area contributed by atoms with Gasteiger partial charge in [-0.1, -0.05) is 0 Å². The Hall–Kier alpha value is -1.41. The molecule has 1 saturated heterocycles. The second-order valence-corrected chi connectivity index (χ2v) is 8.27. The standard InChI is InChI=1S/C14H21N3O4S/c1-15-12-13-11(16-9-21-13)4-5-17(14(12)18)7-10-3-2-6-22(19,20)8-10/h9-10,12,15H,2-8H2,1H3. The Morgan fingerprint density at radius 3 is 3.05 bits per heavy atom. The van der Waals surface area contributed by atoms with Crippen molar-refractivity contribution in [3.63, 3.8) is 0 Å². The molecule has 0 spiro atoms. The minimum Gasteiger partial charge on any atom is -0.446 e. The molecule has 22 heavy (non-hydrogen) atoms. The van der Waals surface area contributed by atoms with Crippen LogP contribution in [0.1, 0.15) is 30.3 Å². The molecule has 3 rings (SSSR count). The molecule has 0 aliphatic carbocycles. The van der Waals surface area contributed by atoms with Crippen LogP contribution in [0.25, 0.3) is 0 Å². The van der Waals surface area contributed by atoms with Crippen molar-refractivity contribution in [2.45, 2.75) is 25.3 Å². The Morgan fingerprint density at radius 2 is 2.32 bits per heavy atom. The van der Waals surface area contributed by atoms with Crippen molar-refractivity contribution in [2.24, 2.45) is 5.92 Å². The molecule has 0 aromatic carbocycles. The Kier molecular flexibility index (Phi) is 4.22. The first kappa shape index (κ1) is 15.5. The van der Waals surface area contributed by atoms with E-state index >= 15 is 0 Å². The van der Waals surface area contributed by atoms with E-state index in [9.17, 15) is 13.2 Å². The van der Waals surface area contributed by atoms with Crippen LogP contribution in [-0.2, 0) is 21.1 Å². The van der Waals surface area contributed by atoms with Crippen LogP contribution >= 0.6 is 0 Å². The highest BCUT2D eigenvalue weighted by atomic mass is 32.2. The van der Waals surface area contributed by atoms with E-state index in [0.717, 1.165) is 12.1 Å². The first-order chi connectivity index (χ1) is 10.5. The number of likely N-dealkylation sites (N-methyl/N-ethyl adjacent to an activating group) is 1. The lowest BCUT2D eigenvalue weighted by molar-refractivity contribution is -0.134. The fraction of sp³-hybridized carbons (Fsp3) is 0.714. The monoisotopic (exact) mass is 327 g/mol. The van der Waals surface area contributed by atoms with Gasteiger partial charge in [0.1, 0.15) is 6.04 Å². The topological polar surface area (TPSA) is 92.5 Å². The van der Waals surface area contributed by atoms with Crippen LogP contribution in [-0.4, -0.2) is 55.9 Å². The fourth-order valence-corrected chi connectivity index (χ4v) is 5.12. The molecule has 8 heteroatoms. The first-order valence-electron chi connectivity index (χ1n) is 7.59. The number of oxazole rings is 1. The third-order valence-electron chi connectivity index (χ3n) is 4.44. The molecule has 7 nitrogen and oxygen atoms in total. The Bertz CT molecular complexity index is 655. The van der Waals surface area contributed by atoms with Gasteiger partial charge >= 0.3 is 0 Å². The highest BCUT2D eigenvalue weighted by Gasteiger charge is 2.35. The number of amides is 1. The van der Waals surface area contributed by atoms with Gasteiger partial charge in [0.2, 0.25) is 5.91 Å². The molecule has 122 valence electrons. The summed E-state index contributed by atoms with van der Waals surface area (Å²) < 4.78 is 28.9. The fourth-order valence-electron chi connectivity index (χ4n) is 3.36. The SMILES string of the molecule is CNC1C(=O)N(CC2CCCS(=O)(=O)C2)CCc2ncoc21. The molecular weight excluding hydrogens is 306 g/mol. The highest BCUT2D eigenvalue weighted by Crippen LogP contribution is 2.26. The van der Waals surface area contributed by atoms with Crippen LogP contribution < -0.4 is 5.32 Å². The summed E-state index contributed by atoms with van der Waals surface area (Å²) in [7, 11) is -1.24. The van der Waals surface area contributed by atoms with E-state index < -0.39 is 15.9 Å². The molecule has 2 aliphatic rings. The van der Waals surface area contributed by atoms with Crippen LogP contribution in [0.3, 0.4) is 0 Å². The Morgan fingerprint density at radius 1 is 1.50 bits per heavy atom. The number of nitrogens with one attached hydrogen (secondary N) is 1. The molecule has 1 aromatic rings. The molecule has 0 radical (unpaired) electrons. The van der Waals surface area contributed by atoms with Gasteiger partial charge in [-0.2, -0.15) is 0 Å². The van der Waals surface area contributed by atoms with Gasteiger partial charge < -0.3 is 14.6 Å². The molecule has 1 amide bonds. The predicted molar refractivity (Wildman–Crippen MR) is 80.0 cm³/mol. The number of hydrogen-bond acceptors (Lipinski definition) is 6. The number of fused-ring (bicyclic) bond motifs is 1. The second kappa shape index (κ2) is 6.00. The van der Waals surface area contributed by atoms with Gasteiger partial charge in [-0.05, 0) is 25.8 Å². The van der Waals surface area contributed by atoms with E-state index in [0.29, 0.717) is 31.7 Å². The zero-order valence-electron chi connectivity index (χ0n) is 12.6. The third kappa shape index (κ3) is 3.03. The van der Waals surface area contributed by atoms with Gasteiger partial charge in [-0.3, -0.25) is 4.79 Å². The highest BCUT2D eigenvalue weighted by molar-refractivity contribution is 7.91. The number of nitrogens with zero attached hydrogens (tertiary/aromatic N) is 2. The third-order valence-corrected chi connectivity index (χ3v) is 6.33. The lowest BCUT2D eigenvalue weighted by Crippen LogP contribution is -2.43. The van der Waals surface area contributed by atoms with Crippen molar-refractivity contribution in [2.75, 3.05) is 31.6 Å². The number of sulfone groups is 1. The Labute approximate surface area is 130 Å². The van der Waals surface area contributed by atoms with Crippen molar-refractivity contribution in [3.8, 4) is 0 Å². The van der Waals surface area contributed by atoms with Gasteiger partial charge in [-0.25, -0.2) is 13.4 Å². The maximum Gasteiger partial charge on any atom is 0.247 e. The predicted octanol–water partition coefficient (Wildman–Crippen LogP) is 0.145. The summed E-state index contributed by atoms with van der Waals surface area (Å²) in [5.41, 5.74) is 0.798. The molecule has 0 saturated carbocycles. The van der Waals surface area contributed by atoms with Crippen LogP contribution in [0.5, 0.6) is 0 Å². The first-order valence-corrected chi connectivity index (χ1v) is 9.41. The normalized spacial score (nSPS) is 28.2. The lowest BCUT2D eigenvalue weighted by atomic mass is 10.0. The summed E-state index contributed by atoms with van der Waals surface area (Å²) in [6.07, 6.45) is 3.54. The van der Waals surface area contributed by atoms with Gasteiger partial charge in [-0.15, -0.1) is 0 Å². The zero-order chi connectivity index (χ0) is 15.7. The van der Waals surface area contributed by atoms with Crippen molar-refractivity contribution in [1.82, 2.24) is 15.2 Å². The molecule has 1 N–H and O–H groups in total. The van der Waals surface area contributed by atoms with Crippen LogP contribution in [0.15, 0.2) is 10.8 Å². The maximum atomic E-state index is 12.7. The van der Waals surface area contributed by atoms with E-state index in [1.165, 1.54) is 6.39 Å². The summed E-state index contributed by atoms with van der Waals surface area (Å²) in [5, 5.41) is 2.98. The lowest BCUT2D eigenvalue weighted by Gasteiger charge is -2.30. The Balaban J connectivity index is 1.75. The average Bonchev–Trinajstić information content (AvgIpc) is 2.87.